The van der Waals surface area contributed by atoms with Gasteiger partial charge in [0.05, 0.1) is 11.1 Å². The largest absolute Gasteiger partial charge is 0.507 e. The minimum absolute atomic E-state index is 0. The standard InChI is InChI=1S/C23H29NO3S.ClH/c1-4-6-11-24(12-7-5-2)15-18-19(25)9-8-17-22(26)20(27-23(17)18)14-21-16(3)10-13-28-21;/h8-10,13-14,25H,4-7,11-12,15H2,1-3H3;1H/b20-14-;. The highest BCUT2D eigenvalue weighted by atomic mass is 35.5. The van der Waals surface area contributed by atoms with Gasteiger partial charge in [-0.3, -0.25) is 9.69 Å². The molecule has 1 aliphatic rings. The fourth-order valence-electron chi connectivity index (χ4n) is 3.36. The highest BCUT2D eigenvalue weighted by molar-refractivity contribution is 7.11. The second-order valence-electron chi connectivity index (χ2n) is 7.33. The molecule has 1 aliphatic heterocycles. The Labute approximate surface area is 183 Å². The van der Waals surface area contributed by atoms with Gasteiger partial charge in [0, 0.05) is 17.5 Å². The van der Waals surface area contributed by atoms with Crippen LogP contribution in [0, 0.1) is 6.92 Å². The summed E-state index contributed by atoms with van der Waals surface area (Å²) in [5.41, 5.74) is 2.38. The van der Waals surface area contributed by atoms with Crippen molar-refractivity contribution < 1.29 is 14.6 Å². The number of carbonyl (C=O) groups is 1. The number of aryl methyl sites for hydroxylation is 1. The number of benzene rings is 1. The number of Topliss-reactive ketones (excluding diaryl/α,β-unsaturated/α-hetero) is 1. The van der Waals surface area contributed by atoms with Gasteiger partial charge >= 0.3 is 0 Å². The van der Waals surface area contributed by atoms with Gasteiger partial charge in [0.25, 0.3) is 0 Å². The molecule has 6 heteroatoms. The fourth-order valence-corrected chi connectivity index (χ4v) is 4.21. The first-order valence-corrected chi connectivity index (χ1v) is 11.0. The Bertz CT molecular complexity index is 867. The number of phenols is 1. The van der Waals surface area contributed by atoms with Gasteiger partial charge in [-0.05, 0) is 62.0 Å². The third-order valence-corrected chi connectivity index (χ3v) is 6.08. The number of allylic oxidation sites excluding steroid dienone is 1. The van der Waals surface area contributed by atoms with Crippen LogP contribution in [-0.2, 0) is 6.54 Å². The highest BCUT2D eigenvalue weighted by Gasteiger charge is 2.31. The molecular weight excluding hydrogens is 406 g/mol. The van der Waals surface area contributed by atoms with Gasteiger partial charge in [-0.15, -0.1) is 23.7 Å². The Morgan fingerprint density at radius 2 is 1.83 bits per heavy atom. The van der Waals surface area contributed by atoms with Crippen LogP contribution >= 0.6 is 23.7 Å². The van der Waals surface area contributed by atoms with E-state index in [4.69, 9.17) is 4.74 Å². The molecule has 0 unspecified atom stereocenters. The monoisotopic (exact) mass is 435 g/mol. The van der Waals surface area contributed by atoms with Crippen LogP contribution in [0.4, 0.5) is 0 Å². The number of rotatable bonds is 9. The molecule has 0 spiro atoms. The molecule has 0 radical (unpaired) electrons. The molecule has 1 aromatic heterocycles. The second kappa shape index (κ2) is 10.8. The van der Waals surface area contributed by atoms with Crippen LogP contribution in [0.5, 0.6) is 11.5 Å². The lowest BCUT2D eigenvalue weighted by Crippen LogP contribution is -2.25. The van der Waals surface area contributed by atoms with E-state index in [0.29, 0.717) is 29.2 Å². The van der Waals surface area contributed by atoms with Crippen molar-refractivity contribution in [2.75, 3.05) is 13.1 Å². The maximum absolute atomic E-state index is 12.8. The summed E-state index contributed by atoms with van der Waals surface area (Å²) in [6.07, 6.45) is 6.30. The van der Waals surface area contributed by atoms with Crippen LogP contribution in [0.15, 0.2) is 29.3 Å². The van der Waals surface area contributed by atoms with Gasteiger partial charge in [-0.25, -0.2) is 0 Å². The van der Waals surface area contributed by atoms with E-state index >= 15 is 0 Å². The second-order valence-corrected chi connectivity index (χ2v) is 8.28. The SMILES string of the molecule is CCCCN(CCCC)Cc1c(O)ccc2c1O/C(=C\c1sccc1C)C2=O.Cl. The molecule has 0 saturated heterocycles. The summed E-state index contributed by atoms with van der Waals surface area (Å²) in [5, 5.41) is 12.5. The average Bonchev–Trinajstić information content (AvgIpc) is 3.23. The number of aromatic hydroxyl groups is 1. The molecule has 4 nitrogen and oxygen atoms in total. The quantitative estimate of drug-likeness (QED) is 0.476. The number of ether oxygens (including phenoxy) is 1. The van der Waals surface area contributed by atoms with Crippen molar-refractivity contribution in [2.45, 2.75) is 53.0 Å². The fraction of sp³-hybridized carbons (Fsp3) is 0.435. The third-order valence-electron chi connectivity index (χ3n) is 5.12. The van der Waals surface area contributed by atoms with E-state index in [2.05, 4.69) is 18.7 Å². The zero-order valence-corrected chi connectivity index (χ0v) is 19.0. The van der Waals surface area contributed by atoms with E-state index in [0.717, 1.165) is 49.2 Å². The zero-order chi connectivity index (χ0) is 20.1. The summed E-state index contributed by atoms with van der Waals surface area (Å²) in [6.45, 7) is 8.93. The number of hydrogen-bond acceptors (Lipinski definition) is 5. The van der Waals surface area contributed by atoms with Crippen molar-refractivity contribution >= 4 is 35.6 Å². The first-order valence-electron chi connectivity index (χ1n) is 10.1. The Kier molecular flexibility index (Phi) is 8.75. The van der Waals surface area contributed by atoms with Crippen molar-refractivity contribution in [3.8, 4) is 11.5 Å². The molecule has 2 heterocycles. The summed E-state index contributed by atoms with van der Waals surface area (Å²) in [6, 6.07) is 5.31. The summed E-state index contributed by atoms with van der Waals surface area (Å²) < 4.78 is 6.00. The van der Waals surface area contributed by atoms with Gasteiger partial charge in [0.2, 0.25) is 5.78 Å². The van der Waals surface area contributed by atoms with E-state index in [1.54, 1.807) is 23.5 Å². The molecule has 0 bridgehead atoms. The molecule has 3 rings (SSSR count). The molecule has 158 valence electrons. The van der Waals surface area contributed by atoms with Crippen LogP contribution in [0.1, 0.15) is 65.9 Å². The molecule has 1 N–H and O–H groups in total. The molecule has 1 aromatic carbocycles. The minimum Gasteiger partial charge on any atom is -0.507 e. The summed E-state index contributed by atoms with van der Waals surface area (Å²) in [5.74, 6) is 0.931. The topological polar surface area (TPSA) is 49.8 Å². The van der Waals surface area contributed by atoms with Crippen LogP contribution in [0.25, 0.3) is 6.08 Å². The number of hydrogen-bond donors (Lipinski definition) is 1. The Morgan fingerprint density at radius 3 is 2.41 bits per heavy atom. The number of thiophene rings is 1. The van der Waals surface area contributed by atoms with E-state index < -0.39 is 0 Å². The lowest BCUT2D eigenvalue weighted by molar-refractivity contribution is 0.101. The smallest absolute Gasteiger partial charge is 0.232 e. The number of halogens is 1. The minimum atomic E-state index is -0.113. The van der Waals surface area contributed by atoms with Crippen molar-refractivity contribution in [3.63, 3.8) is 0 Å². The maximum Gasteiger partial charge on any atom is 0.232 e. The molecule has 0 atom stereocenters. The Hall–Kier alpha value is -1.82. The number of ketones is 1. The number of nitrogens with zero attached hydrogens (tertiary/aromatic N) is 1. The number of unbranched alkanes of at least 4 members (excludes halogenated alkanes) is 2. The normalized spacial score (nSPS) is 14.2. The third kappa shape index (κ3) is 5.41. The first-order chi connectivity index (χ1) is 13.5. The lowest BCUT2D eigenvalue weighted by Gasteiger charge is -2.23. The number of fused-ring (bicyclic) bond motifs is 1. The van der Waals surface area contributed by atoms with Crippen LogP contribution in [0.2, 0.25) is 0 Å². The van der Waals surface area contributed by atoms with Gasteiger partial charge < -0.3 is 9.84 Å². The van der Waals surface area contributed by atoms with Gasteiger partial charge in [-0.1, -0.05) is 26.7 Å². The van der Waals surface area contributed by atoms with Crippen molar-refractivity contribution in [1.29, 1.82) is 0 Å². The van der Waals surface area contributed by atoms with Crippen molar-refractivity contribution in [1.82, 2.24) is 4.90 Å². The number of carbonyl (C=O) groups excluding carboxylic acids is 1. The predicted octanol–water partition coefficient (Wildman–Crippen LogP) is 6.20. The summed E-state index contributed by atoms with van der Waals surface area (Å²) >= 11 is 1.59. The van der Waals surface area contributed by atoms with E-state index in [1.807, 2.05) is 24.4 Å². The van der Waals surface area contributed by atoms with Crippen molar-refractivity contribution in [2.24, 2.45) is 0 Å². The van der Waals surface area contributed by atoms with Gasteiger partial charge in [0.15, 0.2) is 5.76 Å². The van der Waals surface area contributed by atoms with Crippen LogP contribution < -0.4 is 4.74 Å². The van der Waals surface area contributed by atoms with E-state index in [9.17, 15) is 9.90 Å². The molecule has 0 fully saturated rings. The molecule has 2 aromatic rings. The summed E-state index contributed by atoms with van der Waals surface area (Å²) in [7, 11) is 0. The van der Waals surface area contributed by atoms with Crippen LogP contribution in [-0.4, -0.2) is 28.9 Å². The highest BCUT2D eigenvalue weighted by Crippen LogP contribution is 2.40. The lowest BCUT2D eigenvalue weighted by atomic mass is 10.0. The predicted molar refractivity (Wildman–Crippen MR) is 122 cm³/mol. The molecule has 29 heavy (non-hydrogen) atoms. The maximum atomic E-state index is 12.8. The summed E-state index contributed by atoms with van der Waals surface area (Å²) in [4.78, 5) is 16.2. The first kappa shape index (κ1) is 23.5. The van der Waals surface area contributed by atoms with Gasteiger partial charge in [-0.2, -0.15) is 0 Å². The Balaban J connectivity index is 0.00000300. The zero-order valence-electron chi connectivity index (χ0n) is 17.4. The molecule has 0 aliphatic carbocycles. The molecule has 0 saturated carbocycles. The van der Waals surface area contributed by atoms with E-state index in [-0.39, 0.29) is 23.9 Å². The van der Waals surface area contributed by atoms with Gasteiger partial charge in [0.1, 0.15) is 11.5 Å². The average molecular weight is 436 g/mol. The Morgan fingerprint density at radius 1 is 1.14 bits per heavy atom. The van der Waals surface area contributed by atoms with E-state index in [1.165, 1.54) is 0 Å². The van der Waals surface area contributed by atoms with Crippen molar-refractivity contribution in [3.05, 3.63) is 50.9 Å². The molecule has 0 amide bonds. The molecular formula is C23H30ClNO3S. The van der Waals surface area contributed by atoms with Crippen LogP contribution in [0.3, 0.4) is 0 Å². The number of phenolic OH excluding ortho intramolecular Hbond substituents is 1.